The Morgan fingerprint density at radius 1 is 1.11 bits per heavy atom. The highest BCUT2D eigenvalue weighted by Gasteiger charge is 2.09. The number of imidazole rings is 1. The van der Waals surface area contributed by atoms with Gasteiger partial charge in [0.25, 0.3) is 5.91 Å². The maximum Gasteiger partial charge on any atom is 0.255 e. The van der Waals surface area contributed by atoms with Crippen molar-refractivity contribution in [3.05, 3.63) is 66.4 Å². The largest absolute Gasteiger partial charge is 0.372 e. The molecule has 28 heavy (non-hydrogen) atoms. The van der Waals surface area contributed by atoms with Gasteiger partial charge in [-0.25, -0.2) is 9.97 Å². The predicted octanol–water partition coefficient (Wildman–Crippen LogP) is 4.45. The van der Waals surface area contributed by atoms with E-state index in [9.17, 15) is 4.79 Å². The van der Waals surface area contributed by atoms with Crippen LogP contribution in [0.3, 0.4) is 0 Å². The molecule has 0 fully saturated rings. The van der Waals surface area contributed by atoms with Crippen molar-refractivity contribution in [3.8, 4) is 5.82 Å². The molecule has 0 atom stereocenters. The summed E-state index contributed by atoms with van der Waals surface area (Å²) in [5.74, 6) is 1.49. The van der Waals surface area contributed by atoms with Crippen molar-refractivity contribution in [1.29, 1.82) is 0 Å². The lowest BCUT2D eigenvalue weighted by Crippen LogP contribution is -2.23. The van der Waals surface area contributed by atoms with Crippen LogP contribution in [0.25, 0.3) is 5.82 Å². The van der Waals surface area contributed by atoms with E-state index in [0.29, 0.717) is 11.3 Å². The molecule has 0 saturated heterocycles. The van der Waals surface area contributed by atoms with Crippen LogP contribution in [0.2, 0.25) is 0 Å². The molecule has 3 aromatic rings. The molecule has 0 aliphatic rings. The number of hydrogen-bond donors (Lipinski definition) is 1. The Bertz CT molecular complexity index is 899. The van der Waals surface area contributed by atoms with Gasteiger partial charge in [0.1, 0.15) is 11.6 Å². The van der Waals surface area contributed by atoms with Crippen molar-refractivity contribution in [2.75, 3.05) is 23.3 Å². The number of hydrogen-bond acceptors (Lipinski definition) is 4. The SMILES string of the molecule is CCCCN(CC)c1ccc(C(=O)Nc2ccc(-n3ccnc3C)nc2)cc1. The van der Waals surface area contributed by atoms with Gasteiger partial charge in [0.15, 0.2) is 0 Å². The Kier molecular flexibility index (Phi) is 6.42. The van der Waals surface area contributed by atoms with E-state index < -0.39 is 0 Å². The van der Waals surface area contributed by atoms with E-state index in [0.717, 1.165) is 36.8 Å². The molecule has 0 aliphatic heterocycles. The zero-order valence-corrected chi connectivity index (χ0v) is 16.7. The number of unbranched alkanes of at least 4 members (excludes halogenated alkanes) is 1. The Balaban J connectivity index is 1.65. The van der Waals surface area contributed by atoms with E-state index in [1.807, 2.05) is 54.1 Å². The number of benzene rings is 1. The lowest BCUT2D eigenvalue weighted by atomic mass is 10.1. The lowest BCUT2D eigenvalue weighted by molar-refractivity contribution is 0.102. The third kappa shape index (κ3) is 4.57. The third-order valence-electron chi connectivity index (χ3n) is 4.74. The van der Waals surface area contributed by atoms with E-state index in [4.69, 9.17) is 0 Å². The number of aromatic nitrogens is 3. The number of anilines is 2. The highest BCUT2D eigenvalue weighted by atomic mass is 16.1. The number of aryl methyl sites for hydroxylation is 1. The van der Waals surface area contributed by atoms with E-state index in [2.05, 4.69) is 34.0 Å². The summed E-state index contributed by atoms with van der Waals surface area (Å²) < 4.78 is 1.89. The number of rotatable bonds is 8. The first kappa shape index (κ1) is 19.6. The highest BCUT2D eigenvalue weighted by Crippen LogP contribution is 2.17. The second kappa shape index (κ2) is 9.17. The number of carbonyl (C=O) groups is 1. The summed E-state index contributed by atoms with van der Waals surface area (Å²) in [6, 6.07) is 11.5. The zero-order chi connectivity index (χ0) is 19.9. The fourth-order valence-electron chi connectivity index (χ4n) is 3.07. The summed E-state index contributed by atoms with van der Waals surface area (Å²) in [5.41, 5.74) is 2.44. The first-order valence-electron chi connectivity index (χ1n) is 9.75. The Hall–Kier alpha value is -3.15. The average Bonchev–Trinajstić information content (AvgIpc) is 3.15. The van der Waals surface area contributed by atoms with Gasteiger partial charge in [-0.1, -0.05) is 13.3 Å². The molecule has 146 valence electrons. The summed E-state index contributed by atoms with van der Waals surface area (Å²) in [7, 11) is 0. The van der Waals surface area contributed by atoms with Crippen LogP contribution >= 0.6 is 0 Å². The van der Waals surface area contributed by atoms with Gasteiger partial charge in [-0.05, 0) is 56.7 Å². The standard InChI is InChI=1S/C22H27N5O/c1-4-6-14-26(5-2)20-10-7-18(8-11-20)22(28)25-19-9-12-21(24-16-19)27-15-13-23-17(27)3/h7-13,15-16H,4-6,14H2,1-3H3,(H,25,28). The number of amides is 1. The maximum absolute atomic E-state index is 12.5. The molecule has 0 bridgehead atoms. The van der Waals surface area contributed by atoms with Gasteiger partial charge in [-0.3, -0.25) is 9.36 Å². The summed E-state index contributed by atoms with van der Waals surface area (Å²) in [5, 5.41) is 2.90. The van der Waals surface area contributed by atoms with Crippen LogP contribution in [0.5, 0.6) is 0 Å². The molecule has 0 radical (unpaired) electrons. The minimum Gasteiger partial charge on any atom is -0.372 e. The molecule has 2 aromatic heterocycles. The normalized spacial score (nSPS) is 10.7. The quantitative estimate of drug-likeness (QED) is 0.630. The van der Waals surface area contributed by atoms with E-state index in [-0.39, 0.29) is 5.91 Å². The summed E-state index contributed by atoms with van der Waals surface area (Å²) in [6.45, 7) is 8.26. The molecule has 1 amide bonds. The van der Waals surface area contributed by atoms with Gasteiger partial charge < -0.3 is 10.2 Å². The van der Waals surface area contributed by atoms with Crippen molar-refractivity contribution in [1.82, 2.24) is 14.5 Å². The van der Waals surface area contributed by atoms with Gasteiger partial charge in [0.05, 0.1) is 11.9 Å². The Labute approximate surface area is 166 Å². The minimum absolute atomic E-state index is 0.142. The average molecular weight is 377 g/mol. The predicted molar refractivity (Wildman–Crippen MR) is 113 cm³/mol. The van der Waals surface area contributed by atoms with Crippen LogP contribution < -0.4 is 10.2 Å². The van der Waals surface area contributed by atoms with Crippen molar-refractivity contribution < 1.29 is 4.79 Å². The highest BCUT2D eigenvalue weighted by molar-refractivity contribution is 6.04. The molecule has 6 heteroatoms. The molecule has 0 saturated carbocycles. The van der Waals surface area contributed by atoms with Gasteiger partial charge in [-0.2, -0.15) is 0 Å². The molecular weight excluding hydrogens is 350 g/mol. The van der Waals surface area contributed by atoms with Crippen LogP contribution in [0.4, 0.5) is 11.4 Å². The van der Waals surface area contributed by atoms with Gasteiger partial charge in [0, 0.05) is 36.7 Å². The molecule has 0 spiro atoms. The number of nitrogens with one attached hydrogen (secondary N) is 1. The maximum atomic E-state index is 12.5. The van der Waals surface area contributed by atoms with Gasteiger partial charge in [-0.15, -0.1) is 0 Å². The summed E-state index contributed by atoms with van der Waals surface area (Å²) >= 11 is 0. The van der Waals surface area contributed by atoms with Crippen molar-refractivity contribution >= 4 is 17.3 Å². The van der Waals surface area contributed by atoms with Gasteiger partial charge in [0.2, 0.25) is 0 Å². The fourth-order valence-corrected chi connectivity index (χ4v) is 3.07. The first-order valence-corrected chi connectivity index (χ1v) is 9.75. The minimum atomic E-state index is -0.142. The summed E-state index contributed by atoms with van der Waals surface area (Å²) in [6.07, 6.45) is 7.59. The molecule has 3 rings (SSSR count). The van der Waals surface area contributed by atoms with Crippen molar-refractivity contribution in [2.24, 2.45) is 0 Å². The molecular formula is C22H27N5O. The lowest BCUT2D eigenvalue weighted by Gasteiger charge is -2.23. The first-order chi connectivity index (χ1) is 13.6. The number of carbonyl (C=O) groups excluding carboxylic acids is 1. The van der Waals surface area contributed by atoms with Gasteiger partial charge >= 0.3 is 0 Å². The van der Waals surface area contributed by atoms with Crippen LogP contribution in [0.15, 0.2) is 55.0 Å². The van der Waals surface area contributed by atoms with Crippen LogP contribution in [-0.2, 0) is 0 Å². The molecule has 6 nitrogen and oxygen atoms in total. The monoisotopic (exact) mass is 377 g/mol. The smallest absolute Gasteiger partial charge is 0.255 e. The van der Waals surface area contributed by atoms with Crippen molar-refractivity contribution in [3.63, 3.8) is 0 Å². The number of nitrogens with zero attached hydrogens (tertiary/aromatic N) is 4. The second-order valence-electron chi connectivity index (χ2n) is 6.68. The fraction of sp³-hybridized carbons (Fsp3) is 0.318. The van der Waals surface area contributed by atoms with Crippen LogP contribution in [-0.4, -0.2) is 33.5 Å². The Morgan fingerprint density at radius 2 is 1.89 bits per heavy atom. The van der Waals surface area contributed by atoms with E-state index in [1.54, 1.807) is 12.4 Å². The summed E-state index contributed by atoms with van der Waals surface area (Å²) in [4.78, 5) is 23.5. The molecule has 0 aliphatic carbocycles. The topological polar surface area (TPSA) is 63.1 Å². The molecule has 0 unspecified atom stereocenters. The number of pyridine rings is 1. The molecule has 1 aromatic carbocycles. The zero-order valence-electron chi connectivity index (χ0n) is 16.7. The molecule has 1 N–H and O–H groups in total. The molecule has 2 heterocycles. The third-order valence-corrected chi connectivity index (χ3v) is 4.74. The second-order valence-corrected chi connectivity index (χ2v) is 6.68. The van der Waals surface area contributed by atoms with Crippen molar-refractivity contribution in [2.45, 2.75) is 33.6 Å². The Morgan fingerprint density at radius 3 is 2.46 bits per heavy atom. The van der Waals surface area contributed by atoms with E-state index in [1.165, 1.54) is 6.42 Å². The van der Waals surface area contributed by atoms with Crippen LogP contribution in [0.1, 0.15) is 42.9 Å². The van der Waals surface area contributed by atoms with E-state index >= 15 is 0 Å². The van der Waals surface area contributed by atoms with Crippen LogP contribution in [0, 0.1) is 6.92 Å².